The molecule has 1 aromatic heterocycles. The number of hydrogen-bond donors (Lipinski definition) is 2. The molecule has 5 heteroatoms. The molecule has 1 aliphatic heterocycles. The van der Waals surface area contributed by atoms with Crippen LogP contribution < -0.4 is 10.1 Å². The molecule has 2 heterocycles. The lowest BCUT2D eigenvalue weighted by atomic mass is 9.86. The smallest absolute Gasteiger partial charge is 0.131 e. The van der Waals surface area contributed by atoms with Gasteiger partial charge in [0.15, 0.2) is 0 Å². The van der Waals surface area contributed by atoms with E-state index in [1.54, 1.807) is 12.4 Å². The van der Waals surface area contributed by atoms with Gasteiger partial charge in [0.1, 0.15) is 17.5 Å². The van der Waals surface area contributed by atoms with Crippen LogP contribution in [0.15, 0.2) is 54.9 Å². The van der Waals surface area contributed by atoms with Crippen LogP contribution in [0, 0.1) is 0 Å². The highest BCUT2D eigenvalue weighted by Gasteiger charge is 2.42. The third kappa shape index (κ3) is 3.16. The highest BCUT2D eigenvalue weighted by molar-refractivity contribution is 5.77. The van der Waals surface area contributed by atoms with Gasteiger partial charge >= 0.3 is 0 Å². The average molecular weight is 349 g/mol. The van der Waals surface area contributed by atoms with E-state index in [2.05, 4.69) is 27.4 Å². The summed E-state index contributed by atoms with van der Waals surface area (Å²) in [7, 11) is 0. The van der Waals surface area contributed by atoms with Crippen LogP contribution in [0.25, 0.3) is 11.0 Å². The number of rotatable bonds is 4. The molecule has 2 aromatic carbocycles. The number of aliphatic hydroxyl groups is 1. The second kappa shape index (κ2) is 6.67. The van der Waals surface area contributed by atoms with Gasteiger partial charge in [-0.25, -0.2) is 0 Å². The molecule has 4 rings (SSSR count). The molecule has 0 fully saturated rings. The van der Waals surface area contributed by atoms with E-state index < -0.39 is 11.7 Å². The van der Waals surface area contributed by atoms with Gasteiger partial charge in [0.25, 0.3) is 0 Å². The molecule has 0 saturated heterocycles. The van der Waals surface area contributed by atoms with Gasteiger partial charge in [-0.1, -0.05) is 30.3 Å². The van der Waals surface area contributed by atoms with Crippen LogP contribution in [0.3, 0.4) is 0 Å². The van der Waals surface area contributed by atoms with Gasteiger partial charge < -0.3 is 15.2 Å². The van der Waals surface area contributed by atoms with E-state index in [4.69, 9.17) is 4.74 Å². The Hall–Kier alpha value is -2.50. The van der Waals surface area contributed by atoms with Crippen molar-refractivity contribution in [3.05, 3.63) is 66.0 Å². The Morgan fingerprint density at radius 2 is 1.77 bits per heavy atom. The minimum absolute atomic E-state index is 0.219. The molecule has 2 atom stereocenters. The zero-order valence-corrected chi connectivity index (χ0v) is 15.0. The number of hydrogen-bond acceptors (Lipinski definition) is 5. The SMILES string of the molecule is CC1(C)Oc2cc3nccnc3cc2C(NCCc2ccccc2)C1O. The number of benzene rings is 2. The zero-order chi connectivity index (χ0) is 18.1. The topological polar surface area (TPSA) is 67.3 Å². The van der Waals surface area contributed by atoms with Crippen molar-refractivity contribution < 1.29 is 9.84 Å². The highest BCUT2D eigenvalue weighted by atomic mass is 16.5. The summed E-state index contributed by atoms with van der Waals surface area (Å²) in [6.07, 6.45) is 3.58. The van der Waals surface area contributed by atoms with Gasteiger partial charge in [-0.2, -0.15) is 0 Å². The summed E-state index contributed by atoms with van der Waals surface area (Å²) in [4.78, 5) is 8.74. The van der Waals surface area contributed by atoms with Crippen LogP contribution in [-0.2, 0) is 6.42 Å². The van der Waals surface area contributed by atoms with E-state index in [0.29, 0.717) is 0 Å². The van der Waals surface area contributed by atoms with Crippen LogP contribution in [0.5, 0.6) is 5.75 Å². The number of nitrogens with one attached hydrogen (secondary N) is 1. The summed E-state index contributed by atoms with van der Waals surface area (Å²) >= 11 is 0. The lowest BCUT2D eigenvalue weighted by molar-refractivity contribution is -0.0642. The standard InChI is InChI=1S/C21H23N3O2/c1-21(2)20(25)19(24-9-8-14-6-4-3-5-7-14)15-12-16-17(13-18(15)26-21)23-11-10-22-16/h3-7,10-13,19-20,24-25H,8-9H2,1-2H3. The van der Waals surface area contributed by atoms with Crippen molar-refractivity contribution in [3.8, 4) is 5.75 Å². The molecule has 0 amide bonds. The molecule has 2 unspecified atom stereocenters. The maximum atomic E-state index is 10.9. The molecule has 2 N–H and O–H groups in total. The Morgan fingerprint density at radius 3 is 2.50 bits per heavy atom. The molecule has 1 aliphatic rings. The quantitative estimate of drug-likeness (QED) is 0.758. The maximum absolute atomic E-state index is 10.9. The second-order valence-corrected chi connectivity index (χ2v) is 7.25. The van der Waals surface area contributed by atoms with Crippen molar-refractivity contribution in [2.75, 3.05) is 6.54 Å². The first-order chi connectivity index (χ1) is 12.5. The molecule has 0 aliphatic carbocycles. The van der Waals surface area contributed by atoms with E-state index in [9.17, 15) is 5.11 Å². The van der Waals surface area contributed by atoms with Crippen molar-refractivity contribution in [1.82, 2.24) is 15.3 Å². The summed E-state index contributed by atoms with van der Waals surface area (Å²) < 4.78 is 6.08. The minimum Gasteiger partial charge on any atom is -0.485 e. The van der Waals surface area contributed by atoms with E-state index in [-0.39, 0.29) is 6.04 Å². The Labute approximate surface area is 153 Å². The third-order valence-corrected chi connectivity index (χ3v) is 4.96. The van der Waals surface area contributed by atoms with Crippen LogP contribution in [0.2, 0.25) is 0 Å². The second-order valence-electron chi connectivity index (χ2n) is 7.25. The van der Waals surface area contributed by atoms with Gasteiger partial charge in [0.05, 0.1) is 17.1 Å². The fourth-order valence-corrected chi connectivity index (χ4v) is 3.49. The Kier molecular flexibility index (Phi) is 4.34. The predicted octanol–water partition coefficient (Wildman–Crippen LogP) is 3.04. The maximum Gasteiger partial charge on any atom is 0.131 e. The average Bonchev–Trinajstić information content (AvgIpc) is 2.64. The Morgan fingerprint density at radius 1 is 1.08 bits per heavy atom. The van der Waals surface area contributed by atoms with Gasteiger partial charge in [0, 0.05) is 24.0 Å². The number of aromatic nitrogens is 2. The van der Waals surface area contributed by atoms with Crippen molar-refractivity contribution in [1.29, 1.82) is 0 Å². The number of aliphatic hydroxyl groups excluding tert-OH is 1. The largest absolute Gasteiger partial charge is 0.485 e. The number of nitrogens with zero attached hydrogens (tertiary/aromatic N) is 2. The lowest BCUT2D eigenvalue weighted by Crippen LogP contribution is -2.52. The van der Waals surface area contributed by atoms with Crippen molar-refractivity contribution in [2.24, 2.45) is 0 Å². The monoisotopic (exact) mass is 349 g/mol. The number of ether oxygens (including phenoxy) is 1. The summed E-state index contributed by atoms with van der Waals surface area (Å²) in [6.45, 7) is 4.58. The van der Waals surface area contributed by atoms with Crippen LogP contribution in [-0.4, -0.2) is 33.3 Å². The van der Waals surface area contributed by atoms with Crippen LogP contribution in [0.1, 0.15) is 31.0 Å². The fourth-order valence-electron chi connectivity index (χ4n) is 3.49. The first-order valence-electron chi connectivity index (χ1n) is 8.94. The molecular formula is C21H23N3O2. The normalized spacial score (nSPS) is 21.2. The minimum atomic E-state index is -0.687. The van der Waals surface area contributed by atoms with Gasteiger partial charge in [-0.05, 0) is 38.4 Å². The number of fused-ring (bicyclic) bond motifs is 2. The molecule has 26 heavy (non-hydrogen) atoms. The van der Waals surface area contributed by atoms with E-state index in [1.807, 2.05) is 44.2 Å². The van der Waals surface area contributed by atoms with Gasteiger partial charge in [0.2, 0.25) is 0 Å². The van der Waals surface area contributed by atoms with Gasteiger partial charge in [-0.3, -0.25) is 9.97 Å². The lowest BCUT2D eigenvalue weighted by Gasteiger charge is -2.42. The summed E-state index contributed by atoms with van der Waals surface area (Å²) in [5.74, 6) is 0.755. The van der Waals surface area contributed by atoms with Crippen molar-refractivity contribution >= 4 is 11.0 Å². The zero-order valence-electron chi connectivity index (χ0n) is 15.0. The van der Waals surface area contributed by atoms with E-state index >= 15 is 0 Å². The van der Waals surface area contributed by atoms with E-state index in [0.717, 1.165) is 35.3 Å². The molecule has 0 bridgehead atoms. The predicted molar refractivity (Wildman–Crippen MR) is 101 cm³/mol. The Bertz CT molecular complexity index is 912. The first kappa shape index (κ1) is 16.9. The fraction of sp³-hybridized carbons (Fsp3) is 0.333. The first-order valence-corrected chi connectivity index (χ1v) is 8.94. The molecule has 0 spiro atoms. The molecule has 5 nitrogen and oxygen atoms in total. The third-order valence-electron chi connectivity index (χ3n) is 4.96. The molecule has 3 aromatic rings. The molecule has 0 saturated carbocycles. The summed E-state index contributed by atoms with van der Waals surface area (Å²) in [5.41, 5.74) is 3.11. The highest BCUT2D eigenvalue weighted by Crippen LogP contribution is 2.41. The van der Waals surface area contributed by atoms with Gasteiger partial charge in [-0.15, -0.1) is 0 Å². The van der Waals surface area contributed by atoms with Crippen LogP contribution in [0.4, 0.5) is 0 Å². The molecule has 0 radical (unpaired) electrons. The van der Waals surface area contributed by atoms with Crippen molar-refractivity contribution in [2.45, 2.75) is 38.0 Å². The molecule has 134 valence electrons. The Balaban J connectivity index is 1.63. The molecular weight excluding hydrogens is 326 g/mol. The summed E-state index contributed by atoms with van der Waals surface area (Å²) in [6, 6.07) is 14.0. The summed E-state index contributed by atoms with van der Waals surface area (Å²) in [5, 5.41) is 14.4. The van der Waals surface area contributed by atoms with Crippen molar-refractivity contribution in [3.63, 3.8) is 0 Å². The van der Waals surface area contributed by atoms with Crippen LogP contribution >= 0.6 is 0 Å². The van der Waals surface area contributed by atoms with E-state index in [1.165, 1.54) is 5.56 Å².